The third-order valence-corrected chi connectivity index (χ3v) is 3.06. The van der Waals surface area contributed by atoms with Crippen LogP contribution in [0.15, 0.2) is 11.6 Å². The van der Waals surface area contributed by atoms with E-state index in [4.69, 9.17) is 4.74 Å². The van der Waals surface area contributed by atoms with Crippen LogP contribution in [0.25, 0.3) is 0 Å². The van der Waals surface area contributed by atoms with Crippen molar-refractivity contribution in [3.63, 3.8) is 0 Å². The summed E-state index contributed by atoms with van der Waals surface area (Å²) in [6.45, 7) is 3.03. The van der Waals surface area contributed by atoms with E-state index in [1.807, 2.05) is 11.6 Å². The van der Waals surface area contributed by atoms with E-state index in [1.165, 1.54) is 17.8 Å². The molecule has 1 fully saturated rings. The van der Waals surface area contributed by atoms with Crippen molar-refractivity contribution in [1.29, 1.82) is 0 Å². The molecule has 0 unspecified atom stereocenters. The Labute approximate surface area is 82.1 Å². The van der Waals surface area contributed by atoms with Gasteiger partial charge in [-0.3, -0.25) is 0 Å². The summed E-state index contributed by atoms with van der Waals surface area (Å²) in [7, 11) is 0. The molecular weight excluding hydrogens is 184 g/mol. The largest absolute Gasteiger partial charge is 0.372 e. The molecule has 4 heteroatoms. The highest BCUT2D eigenvalue weighted by molar-refractivity contribution is 7.09. The standard InChI is InChI=1S/C9H14N2OS/c1-2-8(12-4-1)6-10-7-9-11-3-5-13-9/h3,5,8,10H,1-2,4,6-7H2/p+1/t8-/m0/s1. The molecule has 1 aliphatic rings. The van der Waals surface area contributed by atoms with Gasteiger partial charge in [0.2, 0.25) is 0 Å². The maximum atomic E-state index is 5.52. The fraction of sp³-hybridized carbons (Fsp3) is 0.667. The molecule has 1 aromatic heterocycles. The molecule has 2 rings (SSSR count). The number of nitrogens with zero attached hydrogens (tertiary/aromatic N) is 1. The van der Waals surface area contributed by atoms with Crippen LogP contribution in [0.5, 0.6) is 0 Å². The maximum Gasteiger partial charge on any atom is 0.147 e. The Bertz CT molecular complexity index is 232. The molecule has 0 saturated carbocycles. The van der Waals surface area contributed by atoms with Gasteiger partial charge in [0.05, 0.1) is 0 Å². The Kier molecular flexibility index (Phi) is 3.29. The molecule has 1 aliphatic heterocycles. The normalized spacial score (nSPS) is 22.3. The maximum absolute atomic E-state index is 5.52. The third-order valence-electron chi connectivity index (χ3n) is 2.26. The quantitative estimate of drug-likeness (QED) is 0.761. The van der Waals surface area contributed by atoms with Crippen molar-refractivity contribution in [2.45, 2.75) is 25.5 Å². The fourth-order valence-electron chi connectivity index (χ4n) is 1.58. The molecule has 72 valence electrons. The zero-order valence-corrected chi connectivity index (χ0v) is 8.43. The van der Waals surface area contributed by atoms with E-state index < -0.39 is 0 Å². The first kappa shape index (κ1) is 9.12. The van der Waals surface area contributed by atoms with E-state index in [0.717, 1.165) is 19.7 Å². The summed E-state index contributed by atoms with van der Waals surface area (Å²) in [4.78, 5) is 4.23. The summed E-state index contributed by atoms with van der Waals surface area (Å²) in [6, 6.07) is 0. The van der Waals surface area contributed by atoms with Gasteiger partial charge in [0.15, 0.2) is 0 Å². The number of nitrogens with two attached hydrogens (primary N) is 1. The Hall–Kier alpha value is -0.450. The van der Waals surface area contributed by atoms with Crippen LogP contribution in [0.2, 0.25) is 0 Å². The number of thiazole rings is 1. The molecule has 0 radical (unpaired) electrons. The van der Waals surface area contributed by atoms with E-state index in [2.05, 4.69) is 10.3 Å². The number of quaternary nitrogens is 1. The first-order chi connectivity index (χ1) is 6.45. The predicted octanol–water partition coefficient (Wildman–Crippen LogP) is 0.385. The van der Waals surface area contributed by atoms with Gasteiger partial charge in [0.1, 0.15) is 24.2 Å². The van der Waals surface area contributed by atoms with Crippen LogP contribution in [0, 0.1) is 0 Å². The second-order valence-corrected chi connectivity index (χ2v) is 4.27. The second kappa shape index (κ2) is 4.69. The average molecular weight is 199 g/mol. The molecule has 3 nitrogen and oxygen atoms in total. The van der Waals surface area contributed by atoms with Gasteiger partial charge in [-0.05, 0) is 12.8 Å². The molecule has 0 aliphatic carbocycles. The zero-order chi connectivity index (χ0) is 8.93. The van der Waals surface area contributed by atoms with Crippen molar-refractivity contribution in [1.82, 2.24) is 4.98 Å². The predicted molar refractivity (Wildman–Crippen MR) is 51.6 cm³/mol. The summed E-state index contributed by atoms with van der Waals surface area (Å²) in [6.07, 6.45) is 4.81. The summed E-state index contributed by atoms with van der Waals surface area (Å²) >= 11 is 1.72. The molecule has 2 heterocycles. The average Bonchev–Trinajstić information content (AvgIpc) is 2.75. The summed E-state index contributed by atoms with van der Waals surface area (Å²) in [5.74, 6) is 0. The summed E-state index contributed by atoms with van der Waals surface area (Å²) in [5.41, 5.74) is 0. The lowest BCUT2D eigenvalue weighted by Crippen LogP contribution is -2.84. The number of aromatic nitrogens is 1. The van der Waals surface area contributed by atoms with Gasteiger partial charge in [-0.2, -0.15) is 0 Å². The van der Waals surface area contributed by atoms with E-state index in [-0.39, 0.29) is 0 Å². The fourth-order valence-corrected chi connectivity index (χ4v) is 2.19. The van der Waals surface area contributed by atoms with Gasteiger partial charge < -0.3 is 10.1 Å². The highest BCUT2D eigenvalue weighted by Gasteiger charge is 2.16. The monoisotopic (exact) mass is 199 g/mol. The SMILES string of the molecule is c1csc(C[NH2+]C[C@@H]2CCCO2)n1. The number of ether oxygens (including phenoxy) is 1. The van der Waals surface area contributed by atoms with E-state index in [0.29, 0.717) is 6.10 Å². The third kappa shape index (κ3) is 2.76. The molecule has 0 amide bonds. The zero-order valence-electron chi connectivity index (χ0n) is 7.61. The molecule has 0 aromatic carbocycles. The highest BCUT2D eigenvalue weighted by atomic mass is 32.1. The number of hydrogen-bond donors (Lipinski definition) is 1. The van der Waals surface area contributed by atoms with Gasteiger partial charge in [0.25, 0.3) is 0 Å². The molecular formula is C9H15N2OS+. The number of rotatable bonds is 4. The van der Waals surface area contributed by atoms with Gasteiger partial charge in [0, 0.05) is 18.2 Å². The lowest BCUT2D eigenvalue weighted by molar-refractivity contribution is -0.676. The molecule has 1 atom stereocenters. The van der Waals surface area contributed by atoms with E-state index in [9.17, 15) is 0 Å². The molecule has 2 N–H and O–H groups in total. The van der Waals surface area contributed by atoms with Crippen LogP contribution in [0.1, 0.15) is 17.8 Å². The second-order valence-electron chi connectivity index (χ2n) is 3.29. The van der Waals surface area contributed by atoms with Gasteiger partial charge >= 0.3 is 0 Å². The first-order valence-corrected chi connectivity index (χ1v) is 5.65. The van der Waals surface area contributed by atoms with Crippen molar-refractivity contribution >= 4 is 11.3 Å². The Balaban J connectivity index is 1.63. The molecule has 0 spiro atoms. The first-order valence-electron chi connectivity index (χ1n) is 4.77. The van der Waals surface area contributed by atoms with Gasteiger partial charge in [-0.25, -0.2) is 4.98 Å². The van der Waals surface area contributed by atoms with Crippen molar-refractivity contribution in [2.75, 3.05) is 13.2 Å². The van der Waals surface area contributed by atoms with Crippen LogP contribution >= 0.6 is 11.3 Å². The van der Waals surface area contributed by atoms with Crippen LogP contribution < -0.4 is 5.32 Å². The molecule has 13 heavy (non-hydrogen) atoms. The molecule has 0 bridgehead atoms. The number of hydrogen-bond acceptors (Lipinski definition) is 3. The highest BCUT2D eigenvalue weighted by Crippen LogP contribution is 2.09. The van der Waals surface area contributed by atoms with Gasteiger partial charge in [-0.15, -0.1) is 11.3 Å². The minimum Gasteiger partial charge on any atom is -0.372 e. The minimum atomic E-state index is 0.486. The molecule has 1 aromatic rings. The topological polar surface area (TPSA) is 38.7 Å². The van der Waals surface area contributed by atoms with Crippen molar-refractivity contribution in [3.05, 3.63) is 16.6 Å². The summed E-state index contributed by atoms with van der Waals surface area (Å²) in [5, 5.41) is 5.52. The van der Waals surface area contributed by atoms with E-state index in [1.54, 1.807) is 11.3 Å². The smallest absolute Gasteiger partial charge is 0.147 e. The van der Waals surface area contributed by atoms with Crippen LogP contribution in [-0.2, 0) is 11.3 Å². The minimum absolute atomic E-state index is 0.486. The van der Waals surface area contributed by atoms with Gasteiger partial charge in [-0.1, -0.05) is 0 Å². The Morgan fingerprint density at radius 1 is 1.69 bits per heavy atom. The van der Waals surface area contributed by atoms with Crippen molar-refractivity contribution < 1.29 is 10.1 Å². The Morgan fingerprint density at radius 3 is 3.38 bits per heavy atom. The lowest BCUT2D eigenvalue weighted by Gasteiger charge is -2.06. The Morgan fingerprint density at radius 2 is 2.69 bits per heavy atom. The van der Waals surface area contributed by atoms with Crippen molar-refractivity contribution in [3.8, 4) is 0 Å². The van der Waals surface area contributed by atoms with Crippen LogP contribution in [0.4, 0.5) is 0 Å². The summed E-state index contributed by atoms with van der Waals surface area (Å²) < 4.78 is 5.52. The van der Waals surface area contributed by atoms with Crippen LogP contribution in [-0.4, -0.2) is 24.2 Å². The lowest BCUT2D eigenvalue weighted by atomic mass is 10.2. The molecule has 1 saturated heterocycles. The van der Waals surface area contributed by atoms with Crippen molar-refractivity contribution in [2.24, 2.45) is 0 Å². The van der Waals surface area contributed by atoms with E-state index >= 15 is 0 Å². The van der Waals surface area contributed by atoms with Crippen LogP contribution in [0.3, 0.4) is 0 Å².